The van der Waals surface area contributed by atoms with Gasteiger partial charge in [-0.15, -0.1) is 11.3 Å². The first-order valence-corrected chi connectivity index (χ1v) is 8.93. The van der Waals surface area contributed by atoms with Crippen molar-refractivity contribution < 1.29 is 9.53 Å². The number of thiophene rings is 1. The van der Waals surface area contributed by atoms with Crippen LogP contribution in [-0.4, -0.2) is 28.3 Å². The van der Waals surface area contributed by atoms with Gasteiger partial charge in [-0.2, -0.15) is 0 Å². The molecule has 1 fully saturated rings. The van der Waals surface area contributed by atoms with Crippen molar-refractivity contribution in [1.82, 2.24) is 9.66 Å². The predicted molar refractivity (Wildman–Crippen MR) is 88.6 cm³/mol. The van der Waals surface area contributed by atoms with Gasteiger partial charge in [0.1, 0.15) is 16.8 Å². The van der Waals surface area contributed by atoms with E-state index in [1.807, 2.05) is 0 Å². The van der Waals surface area contributed by atoms with Crippen molar-refractivity contribution in [3.05, 3.63) is 26.6 Å². The fourth-order valence-electron chi connectivity index (χ4n) is 3.40. The Balaban J connectivity index is 1.77. The van der Waals surface area contributed by atoms with E-state index in [0.29, 0.717) is 24.2 Å². The van der Waals surface area contributed by atoms with Gasteiger partial charge >= 0.3 is 0 Å². The number of fused-ring (bicyclic) bond motifs is 3. The summed E-state index contributed by atoms with van der Waals surface area (Å²) in [7, 11) is 0. The number of carbonyl (C=O) groups is 1. The summed E-state index contributed by atoms with van der Waals surface area (Å²) in [5, 5.41) is 0.683. The van der Waals surface area contributed by atoms with Crippen LogP contribution < -0.4 is 11.0 Å². The molecule has 23 heavy (non-hydrogen) atoms. The van der Waals surface area contributed by atoms with Gasteiger partial charge in [0, 0.05) is 11.5 Å². The number of aromatic nitrogens is 2. The van der Waals surface area contributed by atoms with Crippen LogP contribution in [-0.2, 0) is 22.4 Å². The molecule has 1 saturated heterocycles. The monoisotopic (exact) mass is 333 g/mol. The van der Waals surface area contributed by atoms with E-state index < -0.39 is 6.10 Å². The highest BCUT2D eigenvalue weighted by atomic mass is 32.1. The molecule has 122 valence electrons. The lowest BCUT2D eigenvalue weighted by molar-refractivity contribution is -0.125. The molecule has 0 spiro atoms. The van der Waals surface area contributed by atoms with Gasteiger partial charge in [0.2, 0.25) is 0 Å². The average Bonchev–Trinajstić information content (AvgIpc) is 3.18. The zero-order valence-corrected chi connectivity index (χ0v) is 13.9. The zero-order chi connectivity index (χ0) is 16.0. The minimum atomic E-state index is -0.464. The lowest BCUT2D eigenvalue weighted by Gasteiger charge is -2.15. The molecule has 6 nitrogen and oxygen atoms in total. The minimum Gasteiger partial charge on any atom is -0.368 e. The highest BCUT2D eigenvalue weighted by Gasteiger charge is 2.26. The third kappa shape index (κ3) is 2.48. The van der Waals surface area contributed by atoms with E-state index >= 15 is 0 Å². The Bertz CT molecular complexity index is 833. The molecular formula is C16H19N3O3S. The van der Waals surface area contributed by atoms with Crippen LogP contribution in [0.15, 0.2) is 4.79 Å². The van der Waals surface area contributed by atoms with E-state index in [-0.39, 0.29) is 11.5 Å². The quantitative estimate of drug-likeness (QED) is 0.911. The Morgan fingerprint density at radius 1 is 1.35 bits per heavy atom. The Morgan fingerprint density at radius 3 is 2.96 bits per heavy atom. The van der Waals surface area contributed by atoms with Gasteiger partial charge in [0.25, 0.3) is 11.5 Å². The number of amides is 1. The van der Waals surface area contributed by atoms with Crippen LogP contribution in [0.5, 0.6) is 0 Å². The van der Waals surface area contributed by atoms with E-state index in [1.165, 1.54) is 16.0 Å². The van der Waals surface area contributed by atoms with E-state index in [0.717, 1.165) is 36.1 Å². The molecule has 0 radical (unpaired) electrons. The van der Waals surface area contributed by atoms with Crippen molar-refractivity contribution in [1.29, 1.82) is 0 Å². The maximum atomic E-state index is 12.9. The summed E-state index contributed by atoms with van der Waals surface area (Å²) in [6.07, 6.45) is 5.33. The molecule has 1 N–H and O–H groups in total. The lowest BCUT2D eigenvalue weighted by atomic mass is 9.97. The second-order valence-corrected chi connectivity index (χ2v) is 7.25. The van der Waals surface area contributed by atoms with Crippen LogP contribution in [0.3, 0.4) is 0 Å². The zero-order valence-electron chi connectivity index (χ0n) is 13.1. The Kier molecular flexibility index (Phi) is 3.69. The van der Waals surface area contributed by atoms with Crippen LogP contribution in [0.25, 0.3) is 10.2 Å². The summed E-state index contributed by atoms with van der Waals surface area (Å²) in [4.78, 5) is 31.8. The number of aryl methyl sites for hydroxylation is 3. The van der Waals surface area contributed by atoms with Gasteiger partial charge in [-0.1, -0.05) is 0 Å². The number of nitrogens with one attached hydrogen (secondary N) is 1. The van der Waals surface area contributed by atoms with Gasteiger partial charge in [0.15, 0.2) is 0 Å². The maximum absolute atomic E-state index is 12.9. The van der Waals surface area contributed by atoms with Crippen LogP contribution >= 0.6 is 11.3 Å². The van der Waals surface area contributed by atoms with E-state index in [2.05, 4.69) is 10.4 Å². The smallest absolute Gasteiger partial charge is 0.281 e. The van der Waals surface area contributed by atoms with Crippen LogP contribution in [0.4, 0.5) is 0 Å². The number of nitrogens with zero attached hydrogens (tertiary/aromatic N) is 2. The number of hydrogen-bond donors (Lipinski definition) is 1. The Hall–Kier alpha value is -1.73. The molecule has 1 amide bonds. The van der Waals surface area contributed by atoms with Crippen molar-refractivity contribution >= 4 is 27.5 Å². The molecular weight excluding hydrogens is 314 g/mol. The topological polar surface area (TPSA) is 73.2 Å². The standard InChI is InChI=1S/C16H19N3O3S/c1-9-17-15-13(10-5-2-3-7-12(10)23-15)16(21)19(9)18-14(20)11-6-4-8-22-11/h11H,2-8H2,1H3,(H,18,20)/t11-/m0/s1. The van der Waals surface area contributed by atoms with Crippen LogP contribution in [0, 0.1) is 6.92 Å². The maximum Gasteiger partial charge on any atom is 0.281 e. The third-order valence-electron chi connectivity index (χ3n) is 4.60. The molecule has 3 heterocycles. The van der Waals surface area contributed by atoms with E-state index in [4.69, 9.17) is 4.74 Å². The van der Waals surface area contributed by atoms with Gasteiger partial charge in [-0.3, -0.25) is 15.0 Å². The van der Waals surface area contributed by atoms with E-state index in [9.17, 15) is 9.59 Å². The molecule has 1 atom stereocenters. The summed E-state index contributed by atoms with van der Waals surface area (Å²) in [5.74, 6) is 0.241. The molecule has 1 aliphatic heterocycles. The average molecular weight is 333 g/mol. The molecule has 4 rings (SSSR count). The van der Waals surface area contributed by atoms with Crippen molar-refractivity contribution in [3.8, 4) is 0 Å². The Labute approximate surface area is 137 Å². The van der Waals surface area contributed by atoms with Gasteiger partial charge in [-0.25, -0.2) is 9.66 Å². The van der Waals surface area contributed by atoms with Gasteiger partial charge < -0.3 is 4.74 Å². The van der Waals surface area contributed by atoms with Crippen molar-refractivity contribution in [2.45, 2.75) is 51.6 Å². The summed E-state index contributed by atoms with van der Waals surface area (Å²) in [6, 6.07) is 0. The van der Waals surface area contributed by atoms with E-state index in [1.54, 1.807) is 18.3 Å². The van der Waals surface area contributed by atoms with Gasteiger partial charge in [-0.05, 0) is 51.0 Å². The molecule has 2 aliphatic rings. The normalized spacial score (nSPS) is 20.7. The summed E-state index contributed by atoms with van der Waals surface area (Å²) >= 11 is 1.62. The number of carbonyl (C=O) groups excluding carboxylic acids is 1. The number of rotatable bonds is 2. The molecule has 2 aromatic rings. The first-order chi connectivity index (χ1) is 11.1. The Morgan fingerprint density at radius 2 is 2.17 bits per heavy atom. The molecule has 1 aliphatic carbocycles. The van der Waals surface area contributed by atoms with Crippen LogP contribution in [0.2, 0.25) is 0 Å². The molecule has 7 heteroatoms. The van der Waals surface area contributed by atoms with Gasteiger partial charge in [0.05, 0.1) is 5.39 Å². The fourth-order valence-corrected chi connectivity index (χ4v) is 4.70. The predicted octanol–water partition coefficient (Wildman–Crippen LogP) is 1.89. The first-order valence-electron chi connectivity index (χ1n) is 8.11. The molecule has 2 aromatic heterocycles. The van der Waals surface area contributed by atoms with Crippen molar-refractivity contribution in [2.24, 2.45) is 0 Å². The third-order valence-corrected chi connectivity index (χ3v) is 5.79. The SMILES string of the molecule is Cc1nc2sc3c(c2c(=O)n1NC(=O)[C@@H]1CCCO1)CCCC3. The molecule has 0 saturated carbocycles. The second-order valence-electron chi connectivity index (χ2n) is 6.17. The minimum absolute atomic E-state index is 0.168. The molecule has 0 unspecified atom stereocenters. The summed E-state index contributed by atoms with van der Waals surface area (Å²) in [5.41, 5.74) is 3.66. The highest BCUT2D eigenvalue weighted by Crippen LogP contribution is 2.33. The number of ether oxygens (including phenoxy) is 1. The fraction of sp³-hybridized carbons (Fsp3) is 0.562. The summed E-state index contributed by atoms with van der Waals surface area (Å²) < 4.78 is 6.67. The highest BCUT2D eigenvalue weighted by molar-refractivity contribution is 7.18. The first kappa shape index (κ1) is 14.8. The summed E-state index contributed by atoms with van der Waals surface area (Å²) in [6.45, 7) is 2.34. The number of hydrogen-bond acceptors (Lipinski definition) is 5. The van der Waals surface area contributed by atoms with Crippen molar-refractivity contribution in [3.63, 3.8) is 0 Å². The largest absolute Gasteiger partial charge is 0.368 e. The second kappa shape index (κ2) is 5.72. The van der Waals surface area contributed by atoms with Crippen molar-refractivity contribution in [2.75, 3.05) is 12.0 Å². The lowest BCUT2D eigenvalue weighted by Crippen LogP contribution is -2.40. The molecule has 0 bridgehead atoms. The molecule has 0 aromatic carbocycles. The van der Waals surface area contributed by atoms with Crippen LogP contribution in [0.1, 0.15) is 41.9 Å².